The molecular formula is C11H14BrClO. The normalized spacial score (nSPS) is 13.3. The van der Waals surface area contributed by atoms with Crippen molar-refractivity contribution in [1.29, 1.82) is 0 Å². The number of rotatable bonds is 3. The van der Waals surface area contributed by atoms with Crippen LogP contribution < -0.4 is 0 Å². The van der Waals surface area contributed by atoms with Crippen molar-refractivity contribution in [3.63, 3.8) is 0 Å². The van der Waals surface area contributed by atoms with Gasteiger partial charge in [0.2, 0.25) is 0 Å². The standard InChI is InChI=1S/C11H14BrClO/c1-7(2)5-11(14)8-3-4-9(12)10(13)6-8/h3-4,6-7,11,14H,5H2,1-2H3. The minimum atomic E-state index is -0.416. The highest BCUT2D eigenvalue weighted by Crippen LogP contribution is 2.28. The smallest absolute Gasteiger partial charge is 0.0793 e. The fourth-order valence-corrected chi connectivity index (χ4v) is 1.74. The highest BCUT2D eigenvalue weighted by molar-refractivity contribution is 9.10. The summed E-state index contributed by atoms with van der Waals surface area (Å²) in [6.07, 6.45) is 0.346. The van der Waals surface area contributed by atoms with Crippen molar-refractivity contribution in [2.45, 2.75) is 26.4 Å². The summed E-state index contributed by atoms with van der Waals surface area (Å²) in [7, 11) is 0. The van der Waals surface area contributed by atoms with E-state index in [1.807, 2.05) is 12.1 Å². The zero-order valence-electron chi connectivity index (χ0n) is 8.30. The zero-order valence-corrected chi connectivity index (χ0v) is 10.6. The Kier molecular flexibility index (Phi) is 4.42. The van der Waals surface area contributed by atoms with Crippen molar-refractivity contribution in [2.75, 3.05) is 0 Å². The van der Waals surface area contributed by atoms with Crippen molar-refractivity contribution in [3.8, 4) is 0 Å². The zero-order chi connectivity index (χ0) is 10.7. The summed E-state index contributed by atoms with van der Waals surface area (Å²) in [5.41, 5.74) is 0.881. The molecule has 1 atom stereocenters. The number of halogens is 2. The van der Waals surface area contributed by atoms with E-state index in [9.17, 15) is 5.11 Å². The number of aliphatic hydroxyl groups excluding tert-OH is 1. The Morgan fingerprint density at radius 1 is 1.43 bits per heavy atom. The van der Waals surface area contributed by atoms with Gasteiger partial charge in [-0.3, -0.25) is 0 Å². The summed E-state index contributed by atoms with van der Waals surface area (Å²) < 4.78 is 0.861. The van der Waals surface area contributed by atoms with Crippen molar-refractivity contribution in [1.82, 2.24) is 0 Å². The van der Waals surface area contributed by atoms with Crippen LogP contribution >= 0.6 is 27.5 Å². The van der Waals surface area contributed by atoms with Crippen molar-refractivity contribution < 1.29 is 5.11 Å². The molecule has 0 fully saturated rings. The molecule has 0 saturated carbocycles. The monoisotopic (exact) mass is 276 g/mol. The van der Waals surface area contributed by atoms with Crippen molar-refractivity contribution in [2.24, 2.45) is 5.92 Å². The van der Waals surface area contributed by atoms with E-state index in [-0.39, 0.29) is 0 Å². The molecule has 0 bridgehead atoms. The molecule has 0 aliphatic heterocycles. The quantitative estimate of drug-likeness (QED) is 0.878. The Hall–Kier alpha value is -0.0500. The van der Waals surface area contributed by atoms with Gasteiger partial charge in [-0.1, -0.05) is 31.5 Å². The van der Waals surface area contributed by atoms with Crippen molar-refractivity contribution >= 4 is 27.5 Å². The highest BCUT2D eigenvalue weighted by Gasteiger charge is 2.10. The van der Waals surface area contributed by atoms with E-state index in [4.69, 9.17) is 11.6 Å². The van der Waals surface area contributed by atoms with Gasteiger partial charge in [-0.15, -0.1) is 0 Å². The summed E-state index contributed by atoms with van der Waals surface area (Å²) >= 11 is 9.25. The van der Waals surface area contributed by atoms with Gasteiger partial charge in [0.1, 0.15) is 0 Å². The maximum absolute atomic E-state index is 9.83. The molecule has 0 spiro atoms. The molecule has 0 aromatic heterocycles. The first-order chi connectivity index (χ1) is 6.50. The van der Waals surface area contributed by atoms with E-state index in [1.54, 1.807) is 6.07 Å². The first-order valence-electron chi connectivity index (χ1n) is 4.63. The van der Waals surface area contributed by atoms with Gasteiger partial charge >= 0.3 is 0 Å². The van der Waals surface area contributed by atoms with Crippen LogP contribution in [0.15, 0.2) is 22.7 Å². The number of hydrogen-bond donors (Lipinski definition) is 1. The molecule has 14 heavy (non-hydrogen) atoms. The van der Waals surface area contributed by atoms with Gasteiger partial charge in [0.05, 0.1) is 11.1 Å². The van der Waals surface area contributed by atoms with Crippen LogP contribution in [0.3, 0.4) is 0 Å². The van der Waals surface area contributed by atoms with Crippen LogP contribution in [0.2, 0.25) is 5.02 Å². The predicted octanol–water partition coefficient (Wildman–Crippen LogP) is 4.18. The summed E-state index contributed by atoms with van der Waals surface area (Å²) in [5.74, 6) is 0.479. The molecular weight excluding hydrogens is 263 g/mol. The van der Waals surface area contributed by atoms with Crippen LogP contribution in [0.5, 0.6) is 0 Å². The average molecular weight is 278 g/mol. The molecule has 1 aromatic carbocycles. The maximum Gasteiger partial charge on any atom is 0.0793 e. The molecule has 0 aliphatic carbocycles. The van der Waals surface area contributed by atoms with E-state index in [0.717, 1.165) is 16.5 Å². The van der Waals surface area contributed by atoms with Crippen LogP contribution in [-0.2, 0) is 0 Å². The number of hydrogen-bond acceptors (Lipinski definition) is 1. The van der Waals surface area contributed by atoms with E-state index in [2.05, 4.69) is 29.8 Å². The molecule has 1 N–H and O–H groups in total. The molecule has 78 valence electrons. The van der Waals surface area contributed by atoms with Crippen molar-refractivity contribution in [3.05, 3.63) is 33.3 Å². The molecule has 0 heterocycles. The fraction of sp³-hybridized carbons (Fsp3) is 0.455. The molecule has 1 rings (SSSR count). The van der Waals surface area contributed by atoms with Gasteiger partial charge in [-0.2, -0.15) is 0 Å². The molecule has 1 nitrogen and oxygen atoms in total. The van der Waals surface area contributed by atoms with Crippen LogP contribution in [0.1, 0.15) is 31.9 Å². The molecule has 1 unspecified atom stereocenters. The largest absolute Gasteiger partial charge is 0.388 e. The van der Waals surface area contributed by atoms with E-state index in [0.29, 0.717) is 10.9 Å². The third-order valence-electron chi connectivity index (χ3n) is 2.02. The average Bonchev–Trinajstić information content (AvgIpc) is 2.08. The van der Waals surface area contributed by atoms with Gasteiger partial charge in [0.25, 0.3) is 0 Å². The van der Waals surface area contributed by atoms with Gasteiger partial charge < -0.3 is 5.11 Å². The second-order valence-corrected chi connectivity index (χ2v) is 5.08. The third kappa shape index (κ3) is 3.26. The molecule has 3 heteroatoms. The number of aliphatic hydroxyl groups is 1. The lowest BCUT2D eigenvalue weighted by atomic mass is 10.00. The second kappa shape index (κ2) is 5.15. The minimum absolute atomic E-state index is 0.416. The van der Waals surface area contributed by atoms with Crippen LogP contribution in [0.4, 0.5) is 0 Å². The Morgan fingerprint density at radius 2 is 2.07 bits per heavy atom. The molecule has 0 aliphatic rings. The fourth-order valence-electron chi connectivity index (χ4n) is 1.30. The first-order valence-corrected chi connectivity index (χ1v) is 5.81. The number of benzene rings is 1. The van der Waals surface area contributed by atoms with Gasteiger partial charge in [-0.25, -0.2) is 0 Å². The van der Waals surface area contributed by atoms with Crippen LogP contribution in [0, 0.1) is 5.92 Å². The topological polar surface area (TPSA) is 20.2 Å². The van der Waals surface area contributed by atoms with E-state index >= 15 is 0 Å². The van der Waals surface area contributed by atoms with E-state index < -0.39 is 6.10 Å². The molecule has 1 aromatic rings. The van der Waals surface area contributed by atoms with Gasteiger partial charge in [-0.05, 0) is 46.0 Å². The summed E-state index contributed by atoms with van der Waals surface area (Å²) in [6, 6.07) is 5.56. The van der Waals surface area contributed by atoms with Crippen LogP contribution in [0.25, 0.3) is 0 Å². The lowest BCUT2D eigenvalue weighted by molar-refractivity contribution is 0.151. The first kappa shape index (κ1) is 12.0. The van der Waals surface area contributed by atoms with Gasteiger partial charge in [0.15, 0.2) is 0 Å². The lowest BCUT2D eigenvalue weighted by Gasteiger charge is -2.13. The van der Waals surface area contributed by atoms with Crippen LogP contribution in [-0.4, -0.2) is 5.11 Å². The Labute approximate surface area is 98.2 Å². The molecule has 0 amide bonds. The Bertz CT molecular complexity index is 312. The van der Waals surface area contributed by atoms with Gasteiger partial charge in [0, 0.05) is 4.47 Å². The second-order valence-electron chi connectivity index (χ2n) is 3.82. The summed E-state index contributed by atoms with van der Waals surface area (Å²) in [5, 5.41) is 10.5. The molecule has 0 saturated heterocycles. The molecule has 0 radical (unpaired) electrons. The SMILES string of the molecule is CC(C)CC(O)c1ccc(Br)c(Cl)c1. The predicted molar refractivity (Wildman–Crippen MR) is 63.6 cm³/mol. The minimum Gasteiger partial charge on any atom is -0.388 e. The summed E-state index contributed by atoms with van der Waals surface area (Å²) in [6.45, 7) is 4.17. The summed E-state index contributed by atoms with van der Waals surface area (Å²) in [4.78, 5) is 0. The van der Waals surface area contributed by atoms with E-state index in [1.165, 1.54) is 0 Å². The Morgan fingerprint density at radius 3 is 2.57 bits per heavy atom. The Balaban J connectivity index is 2.80. The maximum atomic E-state index is 9.83. The highest BCUT2D eigenvalue weighted by atomic mass is 79.9. The lowest BCUT2D eigenvalue weighted by Crippen LogP contribution is -2.01. The third-order valence-corrected chi connectivity index (χ3v) is 3.26.